The third kappa shape index (κ3) is 6.52. The Morgan fingerprint density at radius 1 is 0.943 bits per heavy atom. The Bertz CT molecular complexity index is 1320. The van der Waals surface area contributed by atoms with Crippen LogP contribution < -0.4 is 9.62 Å². The fourth-order valence-corrected chi connectivity index (χ4v) is 4.88. The molecule has 186 valence electrons. The summed E-state index contributed by atoms with van der Waals surface area (Å²) in [6, 6.07) is 18.7. The molecule has 35 heavy (non-hydrogen) atoms. The van der Waals surface area contributed by atoms with Crippen LogP contribution in [0.5, 0.6) is 0 Å². The Labute approximate surface area is 211 Å². The molecule has 3 rings (SSSR count). The quantitative estimate of drug-likeness (QED) is 0.462. The van der Waals surface area contributed by atoms with E-state index >= 15 is 0 Å². The largest absolute Gasteiger partial charge is 0.352 e. The second-order valence-electron chi connectivity index (χ2n) is 8.72. The summed E-state index contributed by atoms with van der Waals surface area (Å²) in [5, 5.41) is 4.83. The Morgan fingerprint density at radius 3 is 2.23 bits per heavy atom. The Balaban J connectivity index is 2.01. The van der Waals surface area contributed by atoms with Crippen molar-refractivity contribution in [2.24, 2.45) is 0 Å². The van der Waals surface area contributed by atoms with E-state index in [-0.39, 0.29) is 18.5 Å². The van der Waals surface area contributed by atoms with Crippen molar-refractivity contribution in [3.63, 3.8) is 0 Å². The van der Waals surface area contributed by atoms with Crippen LogP contribution in [0.3, 0.4) is 0 Å². The summed E-state index contributed by atoms with van der Waals surface area (Å²) in [4.78, 5) is 27.8. The van der Waals surface area contributed by atoms with Crippen molar-refractivity contribution < 1.29 is 18.0 Å². The molecule has 0 aliphatic heterocycles. The molecule has 1 atom stereocenters. The van der Waals surface area contributed by atoms with Crippen LogP contribution in [0.15, 0.2) is 66.7 Å². The second kappa shape index (κ2) is 11.1. The zero-order chi connectivity index (χ0) is 25.8. The molecular weight excluding hydrogens is 486 g/mol. The van der Waals surface area contributed by atoms with Gasteiger partial charge in [-0.05, 0) is 43.9 Å². The maximum absolute atomic E-state index is 13.7. The summed E-state index contributed by atoms with van der Waals surface area (Å²) in [6.45, 7) is 4.87. The highest BCUT2D eigenvalue weighted by Gasteiger charge is 2.31. The molecule has 7 nitrogen and oxygen atoms in total. The number of amides is 2. The number of rotatable bonds is 9. The molecule has 3 aromatic rings. The van der Waals surface area contributed by atoms with Gasteiger partial charge in [-0.3, -0.25) is 13.9 Å². The number of carbonyl (C=O) groups excluding carboxylic acids is 2. The van der Waals surface area contributed by atoms with E-state index < -0.39 is 28.5 Å². The lowest BCUT2D eigenvalue weighted by Crippen LogP contribution is -2.52. The molecule has 0 spiro atoms. The number of fused-ring (bicyclic) bond motifs is 1. The standard InChI is InChI=1S/C26H30ClN3O4S/c1-18(2)28-26(32)19(3)29(16-21-11-6-8-14-23(21)27)25(31)17-30(35(4,33)34)24-15-9-12-20-10-5-7-13-22(20)24/h5-15,18-19H,16-17H2,1-4H3,(H,28,32)/t19-/m0/s1. The van der Waals surface area contributed by atoms with Gasteiger partial charge in [-0.2, -0.15) is 0 Å². The molecule has 0 fully saturated rings. The van der Waals surface area contributed by atoms with Crippen molar-refractivity contribution in [3.8, 4) is 0 Å². The van der Waals surface area contributed by atoms with Gasteiger partial charge in [0.15, 0.2) is 0 Å². The zero-order valence-electron chi connectivity index (χ0n) is 20.2. The summed E-state index contributed by atoms with van der Waals surface area (Å²) in [5.41, 5.74) is 1.05. The van der Waals surface area contributed by atoms with Crippen LogP contribution in [0.25, 0.3) is 10.8 Å². The maximum Gasteiger partial charge on any atom is 0.244 e. The molecule has 0 heterocycles. The Hall–Kier alpha value is -3.10. The molecule has 0 unspecified atom stereocenters. The minimum Gasteiger partial charge on any atom is -0.352 e. The van der Waals surface area contributed by atoms with Crippen LogP contribution in [0, 0.1) is 0 Å². The van der Waals surface area contributed by atoms with E-state index in [1.54, 1.807) is 43.3 Å². The molecule has 9 heteroatoms. The summed E-state index contributed by atoms with van der Waals surface area (Å²) >= 11 is 6.34. The second-order valence-corrected chi connectivity index (χ2v) is 11.0. The van der Waals surface area contributed by atoms with E-state index in [0.29, 0.717) is 21.7 Å². The topological polar surface area (TPSA) is 86.8 Å². The van der Waals surface area contributed by atoms with Crippen LogP contribution in [0.1, 0.15) is 26.3 Å². The number of hydrogen-bond donors (Lipinski definition) is 1. The van der Waals surface area contributed by atoms with Crippen LogP contribution in [-0.2, 0) is 26.2 Å². The first kappa shape index (κ1) is 26.5. The molecular formula is C26H30ClN3O4S. The lowest BCUT2D eigenvalue weighted by Gasteiger charge is -2.32. The first-order valence-electron chi connectivity index (χ1n) is 11.3. The van der Waals surface area contributed by atoms with Crippen molar-refractivity contribution in [2.75, 3.05) is 17.1 Å². The molecule has 0 saturated heterocycles. The Kier molecular flexibility index (Phi) is 8.40. The Morgan fingerprint density at radius 2 is 1.57 bits per heavy atom. The van der Waals surface area contributed by atoms with E-state index in [2.05, 4.69) is 5.32 Å². The number of hydrogen-bond acceptors (Lipinski definition) is 4. The highest BCUT2D eigenvalue weighted by atomic mass is 35.5. The van der Waals surface area contributed by atoms with Crippen molar-refractivity contribution >= 4 is 49.9 Å². The van der Waals surface area contributed by atoms with Gasteiger partial charge in [0.25, 0.3) is 0 Å². The molecule has 2 amide bonds. The van der Waals surface area contributed by atoms with Gasteiger partial charge in [-0.15, -0.1) is 0 Å². The highest BCUT2D eigenvalue weighted by Crippen LogP contribution is 2.29. The average molecular weight is 516 g/mol. The fraction of sp³-hybridized carbons (Fsp3) is 0.308. The van der Waals surface area contributed by atoms with E-state index in [0.717, 1.165) is 15.9 Å². The van der Waals surface area contributed by atoms with Crippen LogP contribution >= 0.6 is 11.6 Å². The lowest BCUT2D eigenvalue weighted by atomic mass is 10.1. The molecule has 0 aromatic heterocycles. The number of carbonyl (C=O) groups is 2. The van der Waals surface area contributed by atoms with E-state index in [9.17, 15) is 18.0 Å². The van der Waals surface area contributed by atoms with Gasteiger partial charge in [0.2, 0.25) is 21.8 Å². The minimum atomic E-state index is -3.82. The maximum atomic E-state index is 13.7. The number of benzene rings is 3. The highest BCUT2D eigenvalue weighted by molar-refractivity contribution is 7.92. The predicted octanol–water partition coefficient (Wildman–Crippen LogP) is 4.20. The van der Waals surface area contributed by atoms with Crippen LogP contribution in [-0.4, -0.2) is 50.0 Å². The third-order valence-corrected chi connectivity index (χ3v) is 7.11. The van der Waals surface area contributed by atoms with Crippen molar-refractivity contribution in [1.82, 2.24) is 10.2 Å². The number of nitrogens with one attached hydrogen (secondary N) is 1. The molecule has 1 N–H and O–H groups in total. The van der Waals surface area contributed by atoms with Crippen molar-refractivity contribution in [2.45, 2.75) is 39.4 Å². The zero-order valence-corrected chi connectivity index (χ0v) is 21.8. The number of anilines is 1. The van der Waals surface area contributed by atoms with Gasteiger partial charge in [-0.1, -0.05) is 66.2 Å². The SMILES string of the molecule is CC(C)NC(=O)[C@H](C)N(Cc1ccccc1Cl)C(=O)CN(c1cccc2ccccc12)S(C)(=O)=O. The molecule has 0 aliphatic carbocycles. The van der Waals surface area contributed by atoms with E-state index in [1.807, 2.05) is 44.2 Å². The van der Waals surface area contributed by atoms with E-state index in [1.165, 1.54) is 4.90 Å². The van der Waals surface area contributed by atoms with Gasteiger partial charge in [-0.25, -0.2) is 8.42 Å². The fourth-order valence-electron chi connectivity index (χ4n) is 3.82. The van der Waals surface area contributed by atoms with Crippen molar-refractivity contribution in [3.05, 3.63) is 77.3 Å². The number of sulfonamides is 1. The summed E-state index contributed by atoms with van der Waals surface area (Å²) < 4.78 is 26.8. The smallest absolute Gasteiger partial charge is 0.244 e. The molecule has 0 aliphatic rings. The first-order chi connectivity index (χ1) is 16.5. The molecule has 0 radical (unpaired) electrons. The molecule has 0 saturated carbocycles. The van der Waals surface area contributed by atoms with Gasteiger partial charge >= 0.3 is 0 Å². The summed E-state index contributed by atoms with van der Waals surface area (Å²) in [6.07, 6.45) is 1.06. The number of nitrogens with zero attached hydrogens (tertiary/aromatic N) is 2. The number of halogens is 1. The molecule has 3 aromatic carbocycles. The molecule has 0 bridgehead atoms. The first-order valence-corrected chi connectivity index (χ1v) is 13.5. The monoisotopic (exact) mass is 515 g/mol. The van der Waals surface area contributed by atoms with E-state index in [4.69, 9.17) is 11.6 Å². The normalized spacial score (nSPS) is 12.4. The van der Waals surface area contributed by atoms with Gasteiger partial charge in [0.1, 0.15) is 12.6 Å². The van der Waals surface area contributed by atoms with Crippen LogP contribution in [0.2, 0.25) is 5.02 Å². The van der Waals surface area contributed by atoms with Crippen molar-refractivity contribution in [1.29, 1.82) is 0 Å². The summed E-state index contributed by atoms with van der Waals surface area (Å²) in [7, 11) is -3.82. The third-order valence-electron chi connectivity index (χ3n) is 5.61. The minimum absolute atomic E-state index is 0.0539. The summed E-state index contributed by atoms with van der Waals surface area (Å²) in [5.74, 6) is -0.855. The van der Waals surface area contributed by atoms with Gasteiger partial charge in [0.05, 0.1) is 11.9 Å². The lowest BCUT2D eigenvalue weighted by molar-refractivity contribution is -0.139. The van der Waals surface area contributed by atoms with Gasteiger partial charge < -0.3 is 10.2 Å². The van der Waals surface area contributed by atoms with Gasteiger partial charge in [0, 0.05) is 23.0 Å². The predicted molar refractivity (Wildman–Crippen MR) is 141 cm³/mol. The van der Waals surface area contributed by atoms with Crippen LogP contribution in [0.4, 0.5) is 5.69 Å². The average Bonchev–Trinajstić information content (AvgIpc) is 2.80.